The van der Waals surface area contributed by atoms with Gasteiger partial charge in [0.05, 0.1) is 5.39 Å². The van der Waals surface area contributed by atoms with Crippen molar-refractivity contribution in [3.8, 4) is 0 Å². The van der Waals surface area contributed by atoms with Crippen LogP contribution in [0, 0.1) is 6.92 Å². The number of aromatic nitrogens is 3. The molecule has 1 saturated heterocycles. The molecule has 3 heterocycles. The van der Waals surface area contributed by atoms with Gasteiger partial charge < -0.3 is 14.8 Å². The van der Waals surface area contributed by atoms with E-state index in [1.54, 1.807) is 22.8 Å². The van der Waals surface area contributed by atoms with Crippen LogP contribution in [0.5, 0.6) is 0 Å². The minimum absolute atomic E-state index is 0.0362. The van der Waals surface area contributed by atoms with Crippen molar-refractivity contribution in [1.29, 1.82) is 0 Å². The van der Waals surface area contributed by atoms with E-state index in [-0.39, 0.29) is 17.4 Å². The van der Waals surface area contributed by atoms with E-state index >= 15 is 0 Å². The predicted octanol–water partition coefficient (Wildman–Crippen LogP) is 1.95. The fraction of sp³-hybridized carbons (Fsp3) is 0.500. The standard InChI is InChI=1S/C14H16F3N5O/c1-8-7-10-11(18-8)19-13(14(15,16)17)20-12(10)22-5-3-21(4-6-22)9(2)23/h7H,3-6H2,1-2H3,(H,18,19,20). The number of halogens is 3. The number of hydrogen-bond acceptors (Lipinski definition) is 4. The zero-order valence-corrected chi connectivity index (χ0v) is 12.7. The number of nitrogens with zero attached hydrogens (tertiary/aromatic N) is 4. The average Bonchev–Trinajstić information content (AvgIpc) is 2.85. The van der Waals surface area contributed by atoms with Gasteiger partial charge in [0.15, 0.2) is 0 Å². The molecule has 0 saturated carbocycles. The lowest BCUT2D eigenvalue weighted by atomic mass is 10.2. The highest BCUT2D eigenvalue weighted by Gasteiger charge is 2.36. The molecule has 124 valence electrons. The maximum Gasteiger partial charge on any atom is 0.451 e. The summed E-state index contributed by atoms with van der Waals surface area (Å²) < 4.78 is 39.1. The van der Waals surface area contributed by atoms with E-state index in [0.29, 0.717) is 31.6 Å². The molecule has 0 radical (unpaired) electrons. The third-order valence-electron chi connectivity index (χ3n) is 3.88. The summed E-state index contributed by atoms with van der Waals surface area (Å²) in [5.41, 5.74) is 0.895. The van der Waals surface area contributed by atoms with Crippen LogP contribution in [-0.4, -0.2) is 51.9 Å². The first-order chi connectivity index (χ1) is 10.8. The van der Waals surface area contributed by atoms with Gasteiger partial charge in [-0.05, 0) is 13.0 Å². The van der Waals surface area contributed by atoms with Crippen LogP contribution < -0.4 is 4.90 Å². The molecule has 1 amide bonds. The maximum absolute atomic E-state index is 13.0. The number of aryl methyl sites for hydroxylation is 1. The lowest BCUT2D eigenvalue weighted by molar-refractivity contribution is -0.144. The number of aromatic amines is 1. The van der Waals surface area contributed by atoms with Gasteiger partial charge in [0.25, 0.3) is 0 Å². The van der Waals surface area contributed by atoms with Crippen LogP contribution in [0.25, 0.3) is 11.0 Å². The largest absolute Gasteiger partial charge is 0.451 e. The first-order valence-electron chi connectivity index (χ1n) is 7.20. The third-order valence-corrected chi connectivity index (χ3v) is 3.88. The normalized spacial score (nSPS) is 16.2. The number of carbonyl (C=O) groups excluding carboxylic acids is 1. The lowest BCUT2D eigenvalue weighted by Crippen LogP contribution is -2.48. The molecule has 1 fully saturated rings. The topological polar surface area (TPSA) is 65.1 Å². The van der Waals surface area contributed by atoms with Gasteiger partial charge in [0, 0.05) is 38.8 Å². The van der Waals surface area contributed by atoms with Gasteiger partial charge in [-0.3, -0.25) is 4.79 Å². The van der Waals surface area contributed by atoms with E-state index in [2.05, 4.69) is 15.0 Å². The SMILES string of the molecule is CC(=O)N1CCN(c2nc(C(F)(F)F)nc3[nH]c(C)cc23)CC1. The minimum atomic E-state index is -4.61. The van der Waals surface area contributed by atoms with Crippen molar-refractivity contribution in [2.45, 2.75) is 20.0 Å². The Hall–Kier alpha value is -2.32. The molecular weight excluding hydrogens is 311 g/mol. The van der Waals surface area contributed by atoms with Crippen LogP contribution >= 0.6 is 0 Å². The number of anilines is 1. The maximum atomic E-state index is 13.0. The molecular formula is C14H16F3N5O. The predicted molar refractivity (Wildman–Crippen MR) is 78.1 cm³/mol. The smallest absolute Gasteiger partial charge is 0.352 e. The van der Waals surface area contributed by atoms with Crippen molar-refractivity contribution in [3.63, 3.8) is 0 Å². The molecule has 1 aliphatic rings. The van der Waals surface area contributed by atoms with E-state index in [4.69, 9.17) is 0 Å². The third kappa shape index (κ3) is 2.95. The molecule has 1 N–H and O–H groups in total. The van der Waals surface area contributed by atoms with Gasteiger partial charge in [0.2, 0.25) is 11.7 Å². The van der Waals surface area contributed by atoms with Gasteiger partial charge in [-0.1, -0.05) is 0 Å². The van der Waals surface area contributed by atoms with Crippen LogP contribution in [0.15, 0.2) is 6.07 Å². The second-order valence-electron chi connectivity index (χ2n) is 5.58. The summed E-state index contributed by atoms with van der Waals surface area (Å²) in [5.74, 6) is -0.934. The highest BCUT2D eigenvalue weighted by Crippen LogP contribution is 2.32. The zero-order valence-electron chi connectivity index (χ0n) is 12.7. The fourth-order valence-electron chi connectivity index (χ4n) is 2.73. The molecule has 0 unspecified atom stereocenters. The van der Waals surface area contributed by atoms with E-state index in [9.17, 15) is 18.0 Å². The van der Waals surface area contributed by atoms with E-state index < -0.39 is 12.0 Å². The molecule has 3 rings (SSSR count). The van der Waals surface area contributed by atoms with Crippen molar-refractivity contribution in [3.05, 3.63) is 17.6 Å². The molecule has 23 heavy (non-hydrogen) atoms. The number of hydrogen-bond donors (Lipinski definition) is 1. The Balaban J connectivity index is 2.01. The Bertz CT molecular complexity index is 747. The van der Waals surface area contributed by atoms with Gasteiger partial charge in [-0.2, -0.15) is 13.2 Å². The van der Waals surface area contributed by atoms with Crippen molar-refractivity contribution in [1.82, 2.24) is 19.9 Å². The Morgan fingerprint density at radius 1 is 1.22 bits per heavy atom. The summed E-state index contributed by atoms with van der Waals surface area (Å²) in [6.07, 6.45) is -4.61. The van der Waals surface area contributed by atoms with Gasteiger partial charge in [0.1, 0.15) is 11.5 Å². The van der Waals surface area contributed by atoms with Crippen molar-refractivity contribution in [2.75, 3.05) is 31.1 Å². The number of fused-ring (bicyclic) bond motifs is 1. The Morgan fingerprint density at radius 3 is 2.43 bits per heavy atom. The van der Waals surface area contributed by atoms with E-state index in [0.717, 1.165) is 5.69 Å². The van der Waals surface area contributed by atoms with Crippen LogP contribution in [0.2, 0.25) is 0 Å². The summed E-state index contributed by atoms with van der Waals surface area (Å²) >= 11 is 0. The van der Waals surface area contributed by atoms with E-state index in [1.807, 2.05) is 0 Å². The van der Waals surface area contributed by atoms with Crippen LogP contribution in [-0.2, 0) is 11.0 Å². The van der Waals surface area contributed by atoms with Crippen LogP contribution in [0.4, 0.5) is 19.0 Å². The molecule has 6 nitrogen and oxygen atoms in total. The monoisotopic (exact) mass is 327 g/mol. The minimum Gasteiger partial charge on any atom is -0.352 e. The number of nitrogens with one attached hydrogen (secondary N) is 1. The fourth-order valence-corrected chi connectivity index (χ4v) is 2.73. The Morgan fingerprint density at radius 2 is 1.87 bits per heavy atom. The van der Waals surface area contributed by atoms with Crippen LogP contribution in [0.1, 0.15) is 18.4 Å². The molecule has 0 aromatic carbocycles. The summed E-state index contributed by atoms with van der Waals surface area (Å²) in [5, 5.41) is 0.562. The van der Waals surface area contributed by atoms with Crippen molar-refractivity contribution in [2.24, 2.45) is 0 Å². The molecule has 0 aliphatic carbocycles. The Labute approximate surface area is 130 Å². The number of amides is 1. The number of alkyl halides is 3. The summed E-state index contributed by atoms with van der Waals surface area (Å²) in [6.45, 7) is 5.04. The molecule has 2 aromatic heterocycles. The lowest BCUT2D eigenvalue weighted by Gasteiger charge is -2.35. The Kier molecular flexibility index (Phi) is 3.65. The van der Waals surface area contributed by atoms with Crippen molar-refractivity contribution >= 4 is 22.8 Å². The molecule has 1 aliphatic heterocycles. The summed E-state index contributed by atoms with van der Waals surface area (Å²) in [6, 6.07) is 1.74. The van der Waals surface area contributed by atoms with Crippen LogP contribution in [0.3, 0.4) is 0 Å². The first-order valence-corrected chi connectivity index (χ1v) is 7.20. The average molecular weight is 327 g/mol. The highest BCUT2D eigenvalue weighted by molar-refractivity contribution is 5.88. The number of H-pyrrole nitrogens is 1. The molecule has 9 heteroatoms. The molecule has 0 bridgehead atoms. The second kappa shape index (κ2) is 5.39. The van der Waals surface area contributed by atoms with Gasteiger partial charge >= 0.3 is 6.18 Å². The van der Waals surface area contributed by atoms with Crippen molar-refractivity contribution < 1.29 is 18.0 Å². The molecule has 2 aromatic rings. The highest BCUT2D eigenvalue weighted by atomic mass is 19.4. The molecule has 0 spiro atoms. The van der Waals surface area contributed by atoms with Gasteiger partial charge in [-0.15, -0.1) is 0 Å². The first kappa shape index (κ1) is 15.6. The zero-order chi connectivity index (χ0) is 16.8. The quantitative estimate of drug-likeness (QED) is 0.869. The molecule has 0 atom stereocenters. The summed E-state index contributed by atoms with van der Waals surface area (Å²) in [7, 11) is 0. The summed E-state index contributed by atoms with van der Waals surface area (Å²) in [4.78, 5) is 25.0. The van der Waals surface area contributed by atoms with Gasteiger partial charge in [-0.25, -0.2) is 9.97 Å². The van der Waals surface area contributed by atoms with E-state index in [1.165, 1.54) is 6.92 Å². The number of carbonyl (C=O) groups is 1. The number of rotatable bonds is 1. The number of piperazine rings is 1. The second-order valence-corrected chi connectivity index (χ2v) is 5.58.